The lowest BCUT2D eigenvalue weighted by molar-refractivity contribution is -0.347. The van der Waals surface area contributed by atoms with E-state index in [9.17, 15) is 27.6 Å². The number of fused-ring (bicyclic) bond motifs is 1. The second kappa shape index (κ2) is 14.9. The van der Waals surface area contributed by atoms with Crippen LogP contribution in [0.25, 0.3) is 10.5 Å². The van der Waals surface area contributed by atoms with Gasteiger partial charge in [0.15, 0.2) is 5.65 Å². The first-order chi connectivity index (χ1) is 25.6. The number of carbonyl (C=O) groups is 3. The Balaban J connectivity index is 1.39. The molecule has 3 saturated carbocycles. The normalized spacial score (nSPS) is 28.7. The topological polar surface area (TPSA) is 141 Å². The van der Waals surface area contributed by atoms with Crippen molar-refractivity contribution in [3.05, 3.63) is 22.8 Å². The zero-order valence-corrected chi connectivity index (χ0v) is 33.1. The lowest BCUT2D eigenvalue weighted by atomic mass is 9.59. The average molecular weight is 777 g/mol. The third-order valence-electron chi connectivity index (χ3n) is 12.2. The number of esters is 1. The lowest BCUT2D eigenvalue weighted by Crippen LogP contribution is -2.51. The minimum Gasteiger partial charge on any atom is -0.459 e. The summed E-state index contributed by atoms with van der Waals surface area (Å²) in [6.07, 6.45) is -4.23. The van der Waals surface area contributed by atoms with Crippen molar-refractivity contribution in [1.82, 2.24) is 24.8 Å². The summed E-state index contributed by atoms with van der Waals surface area (Å²) in [7, 11) is 0. The van der Waals surface area contributed by atoms with Crippen LogP contribution >= 0.6 is 0 Å². The Morgan fingerprint density at radius 2 is 1.62 bits per heavy atom. The van der Waals surface area contributed by atoms with E-state index in [1.54, 1.807) is 6.92 Å². The van der Waals surface area contributed by atoms with Crippen molar-refractivity contribution in [3.63, 3.8) is 0 Å². The third-order valence-corrected chi connectivity index (χ3v) is 12.2. The van der Waals surface area contributed by atoms with Crippen molar-refractivity contribution in [2.45, 2.75) is 131 Å². The van der Waals surface area contributed by atoms with Crippen LogP contribution in [0.4, 0.5) is 23.7 Å². The fourth-order valence-electron chi connectivity index (χ4n) is 8.62. The fraction of sp³-hybridized carbons (Fsp3) is 0.769. The molecule has 0 spiro atoms. The number of halogens is 3. The van der Waals surface area contributed by atoms with E-state index in [2.05, 4.69) is 68.5 Å². The summed E-state index contributed by atoms with van der Waals surface area (Å²) >= 11 is 0. The molecule has 1 saturated heterocycles. The number of hydrogen-bond donors (Lipinski definition) is 2. The van der Waals surface area contributed by atoms with Crippen molar-refractivity contribution in [1.29, 1.82) is 0 Å². The fourth-order valence-corrected chi connectivity index (χ4v) is 8.62. The molecule has 2 aromatic heterocycles. The molecule has 2 amide bonds. The summed E-state index contributed by atoms with van der Waals surface area (Å²) in [4.78, 5) is 51.0. The Morgan fingerprint density at radius 1 is 1.00 bits per heavy atom. The Labute approximate surface area is 320 Å². The summed E-state index contributed by atoms with van der Waals surface area (Å²) in [5.41, 5.74) is -1.46. The number of nitrogens with zero attached hydrogens (tertiary/aromatic N) is 4. The Hall–Kier alpha value is -3.84. The molecule has 0 radical (unpaired) electrons. The highest BCUT2D eigenvalue weighted by atomic mass is 19.4. The monoisotopic (exact) mass is 776 g/mol. The maximum absolute atomic E-state index is 14.6. The van der Waals surface area contributed by atoms with Gasteiger partial charge in [0.2, 0.25) is 11.8 Å². The Morgan fingerprint density at radius 3 is 2.16 bits per heavy atom. The predicted molar refractivity (Wildman–Crippen MR) is 195 cm³/mol. The molecule has 55 heavy (non-hydrogen) atoms. The molecule has 304 valence electrons. The highest BCUT2D eigenvalue weighted by molar-refractivity contribution is 6.05. The van der Waals surface area contributed by atoms with E-state index in [-0.39, 0.29) is 83.7 Å². The zero-order valence-electron chi connectivity index (χ0n) is 33.1. The molecule has 5 unspecified atom stereocenters. The zero-order chi connectivity index (χ0) is 40.2. The Bertz CT molecular complexity index is 1780. The molecule has 0 aromatic carbocycles. The van der Waals surface area contributed by atoms with Gasteiger partial charge in [0.25, 0.3) is 5.69 Å². The second-order valence-corrected chi connectivity index (χ2v) is 18.5. The van der Waals surface area contributed by atoms with Crippen molar-refractivity contribution in [2.24, 2.45) is 34.0 Å². The number of aromatic nitrogens is 3. The van der Waals surface area contributed by atoms with Crippen molar-refractivity contribution in [3.8, 4) is 5.88 Å². The van der Waals surface area contributed by atoms with Crippen LogP contribution in [0.15, 0.2) is 0 Å². The van der Waals surface area contributed by atoms with E-state index in [0.29, 0.717) is 37.8 Å². The molecular weight excluding hydrogens is 721 g/mol. The van der Waals surface area contributed by atoms with Crippen LogP contribution in [0.3, 0.4) is 0 Å². The average Bonchev–Trinajstić information content (AvgIpc) is 3.59. The smallest absolute Gasteiger partial charge is 0.459 e. The second-order valence-electron chi connectivity index (χ2n) is 18.5. The van der Waals surface area contributed by atoms with E-state index < -0.39 is 48.0 Å². The first kappa shape index (κ1) is 40.8. The summed E-state index contributed by atoms with van der Waals surface area (Å²) in [6, 6.07) is -0.978. The predicted octanol–water partition coefficient (Wildman–Crippen LogP) is 7.78. The van der Waals surface area contributed by atoms with E-state index in [0.717, 1.165) is 12.8 Å². The number of alkyl halides is 3. The Kier molecular flexibility index (Phi) is 11.1. The highest BCUT2D eigenvalue weighted by Crippen LogP contribution is 2.51. The number of H-pyrrole nitrogens is 1. The quantitative estimate of drug-likeness (QED) is 0.215. The third kappa shape index (κ3) is 8.77. The number of ether oxygens (including phenoxy) is 4. The summed E-state index contributed by atoms with van der Waals surface area (Å²) in [5.74, 6) is -1.15. The summed E-state index contributed by atoms with van der Waals surface area (Å²) < 4.78 is 64.0. The molecule has 1 aliphatic heterocycles. The maximum Gasteiger partial charge on any atom is 0.522 e. The van der Waals surface area contributed by atoms with Gasteiger partial charge in [0, 0.05) is 36.3 Å². The molecule has 13 nitrogen and oxygen atoms in total. The molecule has 5 atom stereocenters. The number of hydrogen-bond acceptors (Lipinski definition) is 8. The van der Waals surface area contributed by atoms with Crippen LogP contribution in [0.1, 0.15) is 122 Å². The molecule has 16 heteroatoms. The summed E-state index contributed by atoms with van der Waals surface area (Å²) in [6.45, 7) is 26.1. The van der Waals surface area contributed by atoms with Gasteiger partial charge >= 0.3 is 18.4 Å². The van der Waals surface area contributed by atoms with Crippen LogP contribution in [0.2, 0.25) is 0 Å². The minimum atomic E-state index is -4.90. The van der Waals surface area contributed by atoms with Crippen LogP contribution in [-0.4, -0.2) is 88.4 Å². The minimum absolute atomic E-state index is 0.000635. The van der Waals surface area contributed by atoms with Gasteiger partial charge in [-0.2, -0.15) is 0 Å². The SMILES string of the molecule is [C-]#[N+]c1c(C(=O)OC2C(C(C)(C)C)CC(C)CC2C(C)(C)C)c2nc(C3CCC(OC(F)(F)F)C(NC(=O)C4(C)CC4)C3)[nH]n2c1OC(=O)N1CCOCC1. The number of aromatic amines is 1. The lowest BCUT2D eigenvalue weighted by Gasteiger charge is -2.50. The largest absolute Gasteiger partial charge is 0.522 e. The number of nitrogens with one attached hydrogen (secondary N) is 2. The standard InChI is InChI=1S/C39H55F3N6O7/c1-21-18-23(36(2,3)4)29(24(19-21)37(5,6)7)53-33(49)27-28(43-9)32(54-35(51)47-14-16-52-17-15-47)48-31(27)45-30(46-48)22-10-11-26(55-39(40,41)42)25(20-22)44-34(50)38(8)12-13-38/h21-26,29H,10-20H2,1-8H3,(H,44,50)(H,45,46). The van der Waals surface area contributed by atoms with Gasteiger partial charge in [-0.3, -0.25) is 14.6 Å². The van der Waals surface area contributed by atoms with Crippen molar-refractivity contribution in [2.75, 3.05) is 26.3 Å². The van der Waals surface area contributed by atoms with Gasteiger partial charge in [0.05, 0.1) is 31.9 Å². The molecule has 0 bridgehead atoms. The molecule has 3 aliphatic carbocycles. The van der Waals surface area contributed by atoms with Gasteiger partial charge < -0.3 is 24.4 Å². The molecular formula is C39H55F3N6O7. The molecule has 3 heterocycles. The molecule has 2 aromatic rings. The molecule has 2 N–H and O–H groups in total. The van der Waals surface area contributed by atoms with Crippen LogP contribution in [0.5, 0.6) is 5.88 Å². The highest BCUT2D eigenvalue weighted by Gasteiger charge is 2.50. The molecule has 4 fully saturated rings. The number of morpholine rings is 1. The van der Waals surface area contributed by atoms with E-state index in [1.165, 1.54) is 9.42 Å². The van der Waals surface area contributed by atoms with E-state index >= 15 is 0 Å². The van der Waals surface area contributed by atoms with Crippen molar-refractivity contribution >= 4 is 29.3 Å². The van der Waals surface area contributed by atoms with Crippen molar-refractivity contribution < 1.29 is 46.5 Å². The van der Waals surface area contributed by atoms with Gasteiger partial charge in [0.1, 0.15) is 17.5 Å². The van der Waals surface area contributed by atoms with Crippen LogP contribution < -0.4 is 10.1 Å². The molecule has 4 aliphatic rings. The first-order valence-corrected chi connectivity index (χ1v) is 19.4. The van der Waals surface area contributed by atoms with Gasteiger partial charge in [-0.25, -0.2) is 23.9 Å². The summed E-state index contributed by atoms with van der Waals surface area (Å²) in [5, 5.41) is 5.92. The number of amides is 2. The van der Waals surface area contributed by atoms with Crippen LogP contribution in [0, 0.1) is 40.6 Å². The van der Waals surface area contributed by atoms with Crippen LogP contribution in [-0.2, 0) is 19.0 Å². The van der Waals surface area contributed by atoms with E-state index in [4.69, 9.17) is 25.8 Å². The van der Waals surface area contributed by atoms with Gasteiger partial charge in [-0.05, 0) is 61.7 Å². The van der Waals surface area contributed by atoms with Gasteiger partial charge in [-0.1, -0.05) is 55.4 Å². The maximum atomic E-state index is 14.6. The van der Waals surface area contributed by atoms with E-state index in [1.807, 2.05) is 0 Å². The number of carbonyl (C=O) groups excluding carboxylic acids is 3. The van der Waals surface area contributed by atoms with Gasteiger partial charge in [-0.15, -0.1) is 13.2 Å². The molecule has 6 rings (SSSR count). The first-order valence-electron chi connectivity index (χ1n) is 19.4. The number of rotatable bonds is 7.